The summed E-state index contributed by atoms with van der Waals surface area (Å²) in [6.45, 7) is 5.88. The summed E-state index contributed by atoms with van der Waals surface area (Å²) in [5.74, 6) is -0.905. The minimum Gasteiger partial charge on any atom is -0.466 e. The molecule has 0 amide bonds. The highest BCUT2D eigenvalue weighted by Gasteiger charge is 2.33. The fraction of sp³-hybridized carbons (Fsp3) is 0.226. The number of carbonyl (C=O) groups is 2. The van der Waals surface area contributed by atoms with Gasteiger partial charge in [0, 0.05) is 17.1 Å². The maximum atomic E-state index is 13.9. The average Bonchev–Trinajstić information content (AvgIpc) is 3.44. The fourth-order valence-electron chi connectivity index (χ4n) is 5.18. The number of fused-ring (bicyclic) bond motifs is 1. The van der Waals surface area contributed by atoms with Crippen LogP contribution in [-0.2, 0) is 14.3 Å². The van der Waals surface area contributed by atoms with Gasteiger partial charge in [0.2, 0.25) is 0 Å². The maximum Gasteiger partial charge on any atom is 0.338 e. The Morgan fingerprint density at radius 2 is 1.73 bits per heavy atom. The van der Waals surface area contributed by atoms with E-state index in [0.717, 1.165) is 28.2 Å². The largest absolute Gasteiger partial charge is 0.466 e. The Labute approximate surface area is 235 Å². The van der Waals surface area contributed by atoms with Crippen molar-refractivity contribution in [1.29, 1.82) is 0 Å². The van der Waals surface area contributed by atoms with Crippen molar-refractivity contribution in [3.63, 3.8) is 0 Å². The Hall–Kier alpha value is -4.50. The van der Waals surface area contributed by atoms with E-state index in [1.165, 1.54) is 25.6 Å². The van der Waals surface area contributed by atoms with Crippen LogP contribution in [0.2, 0.25) is 0 Å². The Morgan fingerprint density at radius 1 is 1.00 bits per heavy atom. The maximum absolute atomic E-state index is 13.9. The zero-order valence-electron chi connectivity index (χ0n) is 22.9. The van der Waals surface area contributed by atoms with Gasteiger partial charge in [0.25, 0.3) is 5.56 Å². The Morgan fingerprint density at radius 3 is 2.40 bits per heavy atom. The topological polar surface area (TPSA) is 91.9 Å². The Kier molecular flexibility index (Phi) is 7.40. The van der Waals surface area contributed by atoms with Gasteiger partial charge in [0.15, 0.2) is 4.80 Å². The number of carbonyl (C=O) groups excluding carboxylic acids is 2. The van der Waals surface area contributed by atoms with Crippen molar-refractivity contribution >= 4 is 29.4 Å². The van der Waals surface area contributed by atoms with Gasteiger partial charge < -0.3 is 14.0 Å². The summed E-state index contributed by atoms with van der Waals surface area (Å²) in [5, 5.41) is 0. The summed E-state index contributed by atoms with van der Waals surface area (Å²) in [4.78, 5) is 44.2. The molecular weight excluding hydrogens is 526 g/mol. The number of methoxy groups -OCH3 is 2. The van der Waals surface area contributed by atoms with Crippen LogP contribution < -0.4 is 14.9 Å². The number of nitrogens with zero attached hydrogens (tertiary/aromatic N) is 3. The van der Waals surface area contributed by atoms with Crippen LogP contribution in [0.5, 0.6) is 0 Å². The standard InChI is InChI=1S/C31H29N3O5S/c1-6-24-26(30(37)39-5)27(20-11-8-7-9-12-20)34-28(35)25(40-31(34)32-24)17-22-15-18(2)33(19(22)3)23-14-10-13-21(16-23)29(36)38-4/h7-17,27H,6H2,1-5H3/b25-17-/t27-/m0/s1. The van der Waals surface area contributed by atoms with Gasteiger partial charge in [-0.15, -0.1) is 0 Å². The van der Waals surface area contributed by atoms with E-state index >= 15 is 0 Å². The Bertz CT molecular complexity index is 1840. The van der Waals surface area contributed by atoms with Gasteiger partial charge in [0.05, 0.1) is 41.6 Å². The molecule has 0 unspecified atom stereocenters. The second kappa shape index (κ2) is 10.9. The van der Waals surface area contributed by atoms with Gasteiger partial charge in [-0.3, -0.25) is 9.36 Å². The summed E-state index contributed by atoms with van der Waals surface area (Å²) >= 11 is 1.30. The number of esters is 2. The van der Waals surface area contributed by atoms with E-state index < -0.39 is 18.0 Å². The molecule has 1 aliphatic heterocycles. The van der Waals surface area contributed by atoms with Crippen LogP contribution in [0.1, 0.15) is 52.3 Å². The number of hydrogen-bond acceptors (Lipinski definition) is 7. The highest BCUT2D eigenvalue weighted by molar-refractivity contribution is 7.07. The van der Waals surface area contributed by atoms with Gasteiger partial charge in [0.1, 0.15) is 0 Å². The van der Waals surface area contributed by atoms with Crippen LogP contribution in [0.4, 0.5) is 0 Å². The molecule has 0 spiro atoms. The monoisotopic (exact) mass is 555 g/mol. The average molecular weight is 556 g/mol. The normalized spacial score (nSPS) is 15.0. The van der Waals surface area contributed by atoms with Crippen molar-refractivity contribution in [2.24, 2.45) is 4.99 Å². The molecule has 3 heterocycles. The molecule has 0 N–H and O–H groups in total. The third-order valence-corrected chi connectivity index (χ3v) is 8.03. The van der Waals surface area contributed by atoms with E-state index in [2.05, 4.69) is 0 Å². The molecule has 1 aliphatic rings. The lowest BCUT2D eigenvalue weighted by Crippen LogP contribution is -2.40. The minimum atomic E-state index is -0.643. The highest BCUT2D eigenvalue weighted by Crippen LogP contribution is 2.31. The molecule has 2 aromatic heterocycles. The predicted octanol–water partition coefficient (Wildman–Crippen LogP) is 3.99. The van der Waals surface area contributed by atoms with Gasteiger partial charge in [-0.2, -0.15) is 0 Å². The van der Waals surface area contributed by atoms with E-state index in [-0.39, 0.29) is 5.56 Å². The smallest absolute Gasteiger partial charge is 0.338 e. The first kappa shape index (κ1) is 27.1. The highest BCUT2D eigenvalue weighted by atomic mass is 32.1. The summed E-state index contributed by atoms with van der Waals surface area (Å²) in [6.07, 6.45) is 2.38. The van der Waals surface area contributed by atoms with E-state index in [1.54, 1.807) is 16.7 Å². The molecule has 9 heteroatoms. The van der Waals surface area contributed by atoms with Crippen LogP contribution in [0.15, 0.2) is 81.7 Å². The number of benzene rings is 2. The second-order valence-electron chi connectivity index (χ2n) is 9.40. The lowest BCUT2D eigenvalue weighted by Gasteiger charge is -2.25. The molecule has 5 rings (SSSR count). The fourth-order valence-corrected chi connectivity index (χ4v) is 6.19. The van der Waals surface area contributed by atoms with Crippen LogP contribution in [0, 0.1) is 13.8 Å². The minimum absolute atomic E-state index is 0.230. The molecule has 204 valence electrons. The molecular formula is C31H29N3O5S. The molecule has 0 saturated carbocycles. The van der Waals surface area contributed by atoms with E-state index in [4.69, 9.17) is 14.5 Å². The molecule has 2 aromatic carbocycles. The number of aryl methyl sites for hydroxylation is 1. The van der Waals surface area contributed by atoms with Crippen molar-refractivity contribution in [2.75, 3.05) is 14.2 Å². The molecule has 0 bridgehead atoms. The van der Waals surface area contributed by atoms with Gasteiger partial charge in [-0.25, -0.2) is 14.6 Å². The zero-order valence-corrected chi connectivity index (χ0v) is 23.7. The number of thiazole rings is 1. The lowest BCUT2D eigenvalue weighted by atomic mass is 9.95. The van der Waals surface area contributed by atoms with Crippen molar-refractivity contribution in [3.05, 3.63) is 120 Å². The lowest BCUT2D eigenvalue weighted by molar-refractivity contribution is -0.136. The van der Waals surface area contributed by atoms with E-state index in [0.29, 0.717) is 32.6 Å². The summed E-state index contributed by atoms with van der Waals surface area (Å²) in [7, 11) is 2.70. The third kappa shape index (κ3) is 4.62. The molecule has 1 atom stereocenters. The van der Waals surface area contributed by atoms with Crippen LogP contribution in [-0.4, -0.2) is 35.3 Å². The summed E-state index contributed by atoms with van der Waals surface area (Å²) in [6, 6.07) is 18.1. The van der Waals surface area contributed by atoms with E-state index in [1.807, 2.05) is 79.9 Å². The second-order valence-corrected chi connectivity index (χ2v) is 10.4. The SMILES string of the molecule is CCC1=C(C(=O)OC)[C@H](c2ccccc2)n2c(s/c(=C\c3cc(C)n(-c4cccc(C(=O)OC)c4)c3C)c2=O)=N1. The molecule has 40 heavy (non-hydrogen) atoms. The molecule has 0 aliphatic carbocycles. The number of rotatable bonds is 6. The quantitative estimate of drug-likeness (QED) is 0.336. The predicted molar refractivity (Wildman–Crippen MR) is 153 cm³/mol. The summed E-state index contributed by atoms with van der Waals surface area (Å²) < 4.78 is 14.1. The van der Waals surface area contributed by atoms with Crippen molar-refractivity contribution in [2.45, 2.75) is 33.2 Å². The van der Waals surface area contributed by atoms with E-state index in [9.17, 15) is 14.4 Å². The van der Waals surface area contributed by atoms with Crippen molar-refractivity contribution in [3.8, 4) is 5.69 Å². The molecule has 0 saturated heterocycles. The van der Waals surface area contributed by atoms with Gasteiger partial charge in [-0.05, 0) is 61.7 Å². The summed E-state index contributed by atoms with van der Waals surface area (Å²) in [5.41, 5.74) is 5.55. The first-order valence-corrected chi connectivity index (χ1v) is 13.7. The van der Waals surface area contributed by atoms with Crippen LogP contribution in [0.25, 0.3) is 11.8 Å². The number of allylic oxidation sites excluding steroid dienone is 1. The molecule has 4 aromatic rings. The van der Waals surface area contributed by atoms with Gasteiger partial charge in [-0.1, -0.05) is 54.7 Å². The first-order chi connectivity index (χ1) is 19.3. The third-order valence-electron chi connectivity index (χ3n) is 7.05. The molecule has 0 fully saturated rings. The Balaban J connectivity index is 1.68. The molecule has 0 radical (unpaired) electrons. The zero-order chi connectivity index (χ0) is 28.6. The van der Waals surface area contributed by atoms with Crippen LogP contribution >= 0.6 is 11.3 Å². The van der Waals surface area contributed by atoms with Crippen molar-refractivity contribution < 1.29 is 19.1 Å². The van der Waals surface area contributed by atoms with Gasteiger partial charge >= 0.3 is 11.9 Å². The number of aromatic nitrogens is 2. The number of ether oxygens (including phenoxy) is 2. The van der Waals surface area contributed by atoms with Crippen molar-refractivity contribution in [1.82, 2.24) is 9.13 Å². The van der Waals surface area contributed by atoms with Crippen LogP contribution in [0.3, 0.4) is 0 Å². The number of hydrogen-bond donors (Lipinski definition) is 0. The first-order valence-electron chi connectivity index (χ1n) is 12.8. The molecule has 8 nitrogen and oxygen atoms in total.